The molecule has 0 aliphatic heterocycles. The van der Waals surface area contributed by atoms with E-state index in [0.717, 1.165) is 16.1 Å². The molecule has 6 nitrogen and oxygen atoms in total. The molecule has 21 heavy (non-hydrogen) atoms. The average Bonchev–Trinajstić information content (AvgIpc) is 2.43. The molecule has 0 radical (unpaired) electrons. The second-order valence-electron chi connectivity index (χ2n) is 5.04. The van der Waals surface area contributed by atoms with Crippen LogP contribution in [0.15, 0.2) is 29.2 Å². The van der Waals surface area contributed by atoms with Crippen LogP contribution in [0, 0.1) is 0 Å². The predicted octanol–water partition coefficient (Wildman–Crippen LogP) is 0.632. The lowest BCUT2D eigenvalue weighted by molar-refractivity contribution is 0.484. The van der Waals surface area contributed by atoms with E-state index in [4.69, 9.17) is 0 Å². The van der Waals surface area contributed by atoms with Crippen molar-refractivity contribution in [1.29, 1.82) is 0 Å². The van der Waals surface area contributed by atoms with Crippen LogP contribution < -0.4 is 5.32 Å². The maximum absolute atomic E-state index is 12.4. The second-order valence-corrected chi connectivity index (χ2v) is 9.34. The first-order valence-electron chi connectivity index (χ1n) is 6.49. The first-order valence-corrected chi connectivity index (χ1v) is 9.99. The van der Waals surface area contributed by atoms with E-state index in [1.54, 1.807) is 19.2 Å². The zero-order chi connectivity index (χ0) is 16.3. The Morgan fingerprint density at radius 3 is 2.38 bits per heavy atom. The largest absolute Gasteiger partial charge is 0.313 e. The summed E-state index contributed by atoms with van der Waals surface area (Å²) in [7, 11) is -3.71. The van der Waals surface area contributed by atoms with Crippen LogP contribution in [-0.2, 0) is 19.9 Å². The van der Waals surface area contributed by atoms with Crippen molar-refractivity contribution in [2.75, 3.05) is 32.6 Å². The van der Waals surface area contributed by atoms with Crippen LogP contribution in [0.2, 0.25) is 0 Å². The number of benzene rings is 1. The standard InChI is InChI=1S/C13H22N2O4S2/c1-11(14-2)12-6-5-7-13(10-12)21(18,19)15(3)8-9-20(4,16)17/h5-7,10-11,14H,8-9H2,1-4H3. The molecule has 1 atom stereocenters. The van der Waals surface area contributed by atoms with Gasteiger partial charge in [-0.3, -0.25) is 0 Å². The molecule has 0 bridgehead atoms. The third-order valence-corrected chi connectivity index (χ3v) is 6.05. The Bertz CT molecular complexity index is 684. The zero-order valence-corrected chi connectivity index (χ0v) is 14.3. The molecule has 0 fully saturated rings. The number of nitrogens with zero attached hydrogens (tertiary/aromatic N) is 1. The van der Waals surface area contributed by atoms with E-state index >= 15 is 0 Å². The SMILES string of the molecule is CNC(C)c1cccc(S(=O)(=O)N(C)CCS(C)(=O)=O)c1. The van der Waals surface area contributed by atoms with E-state index in [2.05, 4.69) is 5.32 Å². The molecule has 1 aromatic rings. The minimum atomic E-state index is -3.68. The Morgan fingerprint density at radius 1 is 1.24 bits per heavy atom. The van der Waals surface area contributed by atoms with Gasteiger partial charge in [0.25, 0.3) is 0 Å². The van der Waals surface area contributed by atoms with Gasteiger partial charge in [0.2, 0.25) is 10.0 Å². The summed E-state index contributed by atoms with van der Waals surface area (Å²) < 4.78 is 48.2. The van der Waals surface area contributed by atoms with Crippen molar-refractivity contribution < 1.29 is 16.8 Å². The minimum absolute atomic E-state index is 0.0291. The smallest absolute Gasteiger partial charge is 0.242 e. The van der Waals surface area contributed by atoms with Crippen LogP contribution in [0.4, 0.5) is 0 Å². The summed E-state index contributed by atoms with van der Waals surface area (Å²) >= 11 is 0. The molecular weight excluding hydrogens is 312 g/mol. The molecular formula is C13H22N2O4S2. The van der Waals surface area contributed by atoms with Crippen molar-refractivity contribution >= 4 is 19.9 Å². The van der Waals surface area contributed by atoms with Gasteiger partial charge in [-0.15, -0.1) is 0 Å². The van der Waals surface area contributed by atoms with Crippen molar-refractivity contribution in [3.05, 3.63) is 29.8 Å². The maximum atomic E-state index is 12.4. The van der Waals surface area contributed by atoms with Crippen LogP contribution >= 0.6 is 0 Å². The van der Waals surface area contributed by atoms with Crippen LogP contribution in [0.25, 0.3) is 0 Å². The van der Waals surface area contributed by atoms with Gasteiger partial charge in [-0.05, 0) is 31.7 Å². The normalized spacial score (nSPS) is 14.3. The quantitative estimate of drug-likeness (QED) is 0.791. The van der Waals surface area contributed by atoms with Gasteiger partial charge < -0.3 is 5.32 Å². The third-order valence-electron chi connectivity index (χ3n) is 3.28. The molecule has 8 heteroatoms. The number of nitrogens with one attached hydrogen (secondary N) is 1. The predicted molar refractivity (Wildman–Crippen MR) is 83.4 cm³/mol. The van der Waals surface area contributed by atoms with Crippen molar-refractivity contribution in [2.24, 2.45) is 0 Å². The summed E-state index contributed by atoms with van der Waals surface area (Å²) in [6, 6.07) is 6.67. The molecule has 0 aliphatic carbocycles. The third kappa shape index (κ3) is 5.06. The number of rotatable bonds is 7. The number of hydrogen-bond donors (Lipinski definition) is 1. The average molecular weight is 334 g/mol. The fraction of sp³-hybridized carbons (Fsp3) is 0.538. The summed E-state index contributed by atoms with van der Waals surface area (Å²) in [4.78, 5) is 0.165. The fourth-order valence-corrected chi connectivity index (χ4v) is 3.65. The van der Waals surface area contributed by atoms with Crippen LogP contribution in [0.3, 0.4) is 0 Å². The lowest BCUT2D eigenvalue weighted by atomic mass is 10.1. The van der Waals surface area contributed by atoms with E-state index in [9.17, 15) is 16.8 Å². The lowest BCUT2D eigenvalue weighted by Crippen LogP contribution is -2.31. The summed E-state index contributed by atoms with van der Waals surface area (Å²) in [5.41, 5.74) is 0.857. The van der Waals surface area contributed by atoms with Crippen molar-refractivity contribution in [1.82, 2.24) is 9.62 Å². The minimum Gasteiger partial charge on any atom is -0.313 e. The molecule has 0 aromatic heterocycles. The van der Waals surface area contributed by atoms with Gasteiger partial charge in [0.05, 0.1) is 10.6 Å². The first kappa shape index (κ1) is 18.1. The molecule has 120 valence electrons. The van der Waals surface area contributed by atoms with Gasteiger partial charge >= 0.3 is 0 Å². The highest BCUT2D eigenvalue weighted by molar-refractivity contribution is 7.91. The Hall–Kier alpha value is -0.960. The van der Waals surface area contributed by atoms with Gasteiger partial charge in [-0.1, -0.05) is 12.1 Å². The molecule has 1 N–H and O–H groups in total. The van der Waals surface area contributed by atoms with Crippen molar-refractivity contribution in [3.63, 3.8) is 0 Å². The molecule has 1 unspecified atom stereocenters. The Kier molecular flexibility index (Phi) is 5.92. The van der Waals surface area contributed by atoms with Crippen molar-refractivity contribution in [2.45, 2.75) is 17.9 Å². The van der Waals surface area contributed by atoms with Gasteiger partial charge in [-0.25, -0.2) is 16.8 Å². The fourth-order valence-electron chi connectivity index (χ4n) is 1.71. The molecule has 0 aliphatic rings. The highest BCUT2D eigenvalue weighted by Crippen LogP contribution is 2.19. The van der Waals surface area contributed by atoms with Gasteiger partial charge in [0, 0.05) is 25.9 Å². The maximum Gasteiger partial charge on any atom is 0.242 e. The second kappa shape index (κ2) is 6.87. The van der Waals surface area contributed by atoms with E-state index in [0.29, 0.717) is 0 Å². The molecule has 0 saturated carbocycles. The number of sulfone groups is 1. The first-order chi connectivity index (χ1) is 9.58. The Balaban J connectivity index is 3.02. The van der Waals surface area contributed by atoms with E-state index in [1.165, 1.54) is 13.1 Å². The monoisotopic (exact) mass is 334 g/mol. The van der Waals surface area contributed by atoms with Gasteiger partial charge in [0.15, 0.2) is 0 Å². The van der Waals surface area contributed by atoms with Crippen LogP contribution in [-0.4, -0.2) is 53.8 Å². The molecule has 0 amide bonds. The summed E-state index contributed by atoms with van der Waals surface area (Å²) in [5.74, 6) is -0.199. The van der Waals surface area contributed by atoms with Gasteiger partial charge in [0.1, 0.15) is 9.84 Å². The molecule has 0 heterocycles. The lowest BCUT2D eigenvalue weighted by Gasteiger charge is -2.18. The van der Waals surface area contributed by atoms with Crippen LogP contribution in [0.5, 0.6) is 0 Å². The molecule has 1 rings (SSSR count). The van der Waals surface area contributed by atoms with Gasteiger partial charge in [-0.2, -0.15) is 4.31 Å². The van der Waals surface area contributed by atoms with E-state index < -0.39 is 19.9 Å². The summed E-state index contributed by atoms with van der Waals surface area (Å²) in [6.45, 7) is 1.87. The number of sulfonamides is 1. The van der Waals surface area contributed by atoms with E-state index in [1.807, 2.05) is 13.0 Å². The highest BCUT2D eigenvalue weighted by Gasteiger charge is 2.22. The zero-order valence-electron chi connectivity index (χ0n) is 12.7. The highest BCUT2D eigenvalue weighted by atomic mass is 32.2. The van der Waals surface area contributed by atoms with Crippen molar-refractivity contribution in [3.8, 4) is 0 Å². The molecule has 0 spiro atoms. The summed E-state index contributed by atoms with van der Waals surface area (Å²) in [5, 5.41) is 3.05. The van der Waals surface area contributed by atoms with E-state index in [-0.39, 0.29) is 23.2 Å². The summed E-state index contributed by atoms with van der Waals surface area (Å²) in [6.07, 6.45) is 1.09. The topological polar surface area (TPSA) is 83.6 Å². The molecule has 0 saturated heterocycles. The Morgan fingerprint density at radius 2 is 1.86 bits per heavy atom. The molecule has 1 aromatic carbocycles. The van der Waals surface area contributed by atoms with Crippen LogP contribution in [0.1, 0.15) is 18.5 Å². The Labute approximate surface area is 127 Å². The number of hydrogen-bond acceptors (Lipinski definition) is 5.